The largest absolute Gasteiger partial charge is 0.381 e. The van der Waals surface area contributed by atoms with Crippen LogP contribution in [0, 0.1) is 19.3 Å². The van der Waals surface area contributed by atoms with Gasteiger partial charge in [-0.1, -0.05) is 24.1 Å². The lowest BCUT2D eigenvalue weighted by Gasteiger charge is -2.43. The molecule has 1 aromatic heterocycles. The summed E-state index contributed by atoms with van der Waals surface area (Å²) >= 11 is 0. The Morgan fingerprint density at radius 3 is 2.96 bits per heavy atom. The van der Waals surface area contributed by atoms with Crippen LogP contribution in [0.5, 0.6) is 0 Å². The van der Waals surface area contributed by atoms with Crippen LogP contribution in [-0.4, -0.2) is 41.4 Å². The molecular weight excluding hydrogens is 322 g/mol. The van der Waals surface area contributed by atoms with Crippen LogP contribution in [0.15, 0.2) is 24.4 Å². The van der Waals surface area contributed by atoms with Crippen LogP contribution in [0.2, 0.25) is 0 Å². The highest BCUT2D eigenvalue weighted by Crippen LogP contribution is 2.46. The Balaban J connectivity index is 1.55. The highest BCUT2D eigenvalue weighted by Gasteiger charge is 2.45. The van der Waals surface area contributed by atoms with E-state index in [2.05, 4.69) is 47.1 Å². The molecular formula is C22H31N3O. The van der Waals surface area contributed by atoms with Gasteiger partial charge in [-0.3, -0.25) is 10.00 Å². The van der Waals surface area contributed by atoms with Crippen molar-refractivity contribution in [3.63, 3.8) is 0 Å². The number of hydrogen-bond acceptors (Lipinski definition) is 3. The van der Waals surface area contributed by atoms with Gasteiger partial charge in [-0.05, 0) is 57.7 Å². The van der Waals surface area contributed by atoms with Crippen molar-refractivity contribution in [2.75, 3.05) is 20.2 Å². The summed E-state index contributed by atoms with van der Waals surface area (Å²) in [6, 6.07) is 6.64. The first kappa shape index (κ1) is 17.7. The minimum atomic E-state index is 0.371. The Hall–Kier alpha value is -1.65. The number of rotatable bonds is 4. The molecule has 1 aromatic carbocycles. The number of benzene rings is 1. The van der Waals surface area contributed by atoms with Crippen molar-refractivity contribution >= 4 is 0 Å². The van der Waals surface area contributed by atoms with Gasteiger partial charge in [0.25, 0.3) is 0 Å². The smallest absolute Gasteiger partial charge is 0.0698 e. The number of methoxy groups -OCH3 is 1. The molecule has 1 spiro atoms. The summed E-state index contributed by atoms with van der Waals surface area (Å²) in [5.41, 5.74) is 6.72. The van der Waals surface area contributed by atoms with Crippen molar-refractivity contribution in [2.24, 2.45) is 5.41 Å². The van der Waals surface area contributed by atoms with Gasteiger partial charge in [0.15, 0.2) is 0 Å². The van der Waals surface area contributed by atoms with Crippen LogP contribution in [0.25, 0.3) is 11.3 Å². The molecule has 1 saturated carbocycles. The topological polar surface area (TPSA) is 41.1 Å². The molecule has 0 bridgehead atoms. The second-order valence-corrected chi connectivity index (χ2v) is 8.38. The third kappa shape index (κ3) is 3.21. The third-order valence-corrected chi connectivity index (χ3v) is 6.57. The normalized spacial score (nSPS) is 26.7. The first-order chi connectivity index (χ1) is 12.6. The average Bonchev–Trinajstić information content (AvgIpc) is 3.24. The van der Waals surface area contributed by atoms with Gasteiger partial charge in [0, 0.05) is 36.7 Å². The summed E-state index contributed by atoms with van der Waals surface area (Å²) in [7, 11) is 1.89. The summed E-state index contributed by atoms with van der Waals surface area (Å²) in [6.07, 6.45) is 8.90. The molecule has 2 fully saturated rings. The number of hydrogen-bond donors (Lipinski definition) is 1. The Morgan fingerprint density at radius 2 is 2.12 bits per heavy atom. The molecule has 1 N–H and O–H groups in total. The zero-order chi connectivity index (χ0) is 18.1. The number of nitrogens with zero attached hydrogens (tertiary/aromatic N) is 2. The van der Waals surface area contributed by atoms with Crippen molar-refractivity contribution in [3.8, 4) is 11.3 Å². The van der Waals surface area contributed by atoms with Gasteiger partial charge in [-0.25, -0.2) is 0 Å². The summed E-state index contributed by atoms with van der Waals surface area (Å²) in [6.45, 7) is 7.63. The highest BCUT2D eigenvalue weighted by atomic mass is 16.5. The number of aryl methyl sites for hydroxylation is 2. The number of likely N-dealkylation sites (tertiary alicyclic amines) is 1. The van der Waals surface area contributed by atoms with Crippen molar-refractivity contribution in [1.82, 2.24) is 15.1 Å². The second-order valence-electron chi connectivity index (χ2n) is 8.38. The van der Waals surface area contributed by atoms with Crippen molar-refractivity contribution in [1.29, 1.82) is 0 Å². The summed E-state index contributed by atoms with van der Waals surface area (Å²) < 4.78 is 5.86. The van der Waals surface area contributed by atoms with Crippen LogP contribution >= 0.6 is 0 Å². The van der Waals surface area contributed by atoms with E-state index in [0.29, 0.717) is 11.5 Å². The van der Waals surface area contributed by atoms with Gasteiger partial charge in [-0.2, -0.15) is 5.10 Å². The molecule has 26 heavy (non-hydrogen) atoms. The van der Waals surface area contributed by atoms with E-state index < -0.39 is 0 Å². The minimum absolute atomic E-state index is 0.371. The molecule has 0 unspecified atom stereocenters. The lowest BCUT2D eigenvalue weighted by Crippen LogP contribution is -2.47. The fraction of sp³-hybridized carbons (Fsp3) is 0.591. The van der Waals surface area contributed by atoms with Gasteiger partial charge in [0.05, 0.1) is 18.0 Å². The monoisotopic (exact) mass is 353 g/mol. The molecule has 1 saturated heterocycles. The quantitative estimate of drug-likeness (QED) is 0.881. The molecule has 0 amide bonds. The number of aromatic nitrogens is 2. The maximum absolute atomic E-state index is 5.86. The number of aromatic amines is 1. The first-order valence-electron chi connectivity index (χ1n) is 9.96. The number of piperidine rings is 1. The molecule has 2 aromatic rings. The molecule has 1 aliphatic heterocycles. The van der Waals surface area contributed by atoms with E-state index in [4.69, 9.17) is 4.74 Å². The number of H-pyrrole nitrogens is 1. The van der Waals surface area contributed by atoms with E-state index >= 15 is 0 Å². The van der Waals surface area contributed by atoms with E-state index in [-0.39, 0.29) is 0 Å². The molecule has 4 rings (SSSR count). The number of ether oxygens (including phenoxy) is 1. The maximum Gasteiger partial charge on any atom is 0.0698 e. The lowest BCUT2D eigenvalue weighted by atomic mass is 9.76. The highest BCUT2D eigenvalue weighted by molar-refractivity contribution is 5.67. The van der Waals surface area contributed by atoms with Gasteiger partial charge < -0.3 is 4.74 Å². The van der Waals surface area contributed by atoms with Crippen LogP contribution in [0.4, 0.5) is 0 Å². The Labute approximate surface area is 156 Å². The lowest BCUT2D eigenvalue weighted by molar-refractivity contribution is -0.0366. The molecule has 2 aliphatic rings. The van der Waals surface area contributed by atoms with Crippen molar-refractivity contribution < 1.29 is 4.74 Å². The zero-order valence-electron chi connectivity index (χ0n) is 16.3. The third-order valence-electron chi connectivity index (χ3n) is 6.57. The number of nitrogens with one attached hydrogen (secondary N) is 1. The molecule has 2 heterocycles. The molecule has 2 atom stereocenters. The predicted molar refractivity (Wildman–Crippen MR) is 105 cm³/mol. The van der Waals surface area contributed by atoms with Gasteiger partial charge >= 0.3 is 0 Å². The van der Waals surface area contributed by atoms with Gasteiger partial charge in [0.1, 0.15) is 0 Å². The Bertz CT molecular complexity index is 768. The maximum atomic E-state index is 5.86. The molecule has 0 radical (unpaired) electrons. The van der Waals surface area contributed by atoms with Crippen LogP contribution < -0.4 is 0 Å². The van der Waals surface area contributed by atoms with Crippen LogP contribution in [0.3, 0.4) is 0 Å². The van der Waals surface area contributed by atoms with E-state index in [9.17, 15) is 0 Å². The van der Waals surface area contributed by atoms with Crippen molar-refractivity contribution in [3.05, 3.63) is 41.1 Å². The van der Waals surface area contributed by atoms with E-state index in [1.807, 2.05) is 13.3 Å². The van der Waals surface area contributed by atoms with Gasteiger partial charge in [-0.15, -0.1) is 0 Å². The zero-order valence-corrected chi connectivity index (χ0v) is 16.3. The van der Waals surface area contributed by atoms with Gasteiger partial charge in [0.2, 0.25) is 0 Å². The summed E-state index contributed by atoms with van der Waals surface area (Å²) in [5.74, 6) is 0. The van der Waals surface area contributed by atoms with Crippen molar-refractivity contribution in [2.45, 2.75) is 58.6 Å². The predicted octanol–water partition coefficient (Wildman–Crippen LogP) is 4.47. The fourth-order valence-electron chi connectivity index (χ4n) is 5.24. The second kappa shape index (κ2) is 7.16. The standard InChI is InChI=1S/C22H31N3O/c1-16-7-8-17(2)19(12-16)21-18(13-23-24-21)14-25-11-5-10-22(15-25)9-4-6-20(22)26-3/h7-8,12-13,20H,4-6,9-11,14-15H2,1-3H3,(H,23,24)/t20-,22-/m1/s1. The van der Waals surface area contributed by atoms with Crippen LogP contribution in [-0.2, 0) is 11.3 Å². The summed E-state index contributed by atoms with van der Waals surface area (Å²) in [5, 5.41) is 7.64. The molecule has 4 heteroatoms. The Kier molecular flexibility index (Phi) is 4.89. The van der Waals surface area contributed by atoms with E-state index in [0.717, 1.165) is 13.1 Å². The SMILES string of the molecule is CO[C@@H]1CCC[C@]12CCCN(Cc1cn[nH]c1-c1cc(C)ccc1C)C2. The minimum Gasteiger partial charge on any atom is -0.381 e. The Morgan fingerprint density at radius 1 is 1.27 bits per heavy atom. The molecule has 1 aliphatic carbocycles. The fourth-order valence-corrected chi connectivity index (χ4v) is 5.24. The average molecular weight is 354 g/mol. The first-order valence-corrected chi connectivity index (χ1v) is 9.96. The van der Waals surface area contributed by atoms with Crippen LogP contribution in [0.1, 0.15) is 48.8 Å². The van der Waals surface area contributed by atoms with E-state index in [1.165, 1.54) is 66.6 Å². The summed E-state index contributed by atoms with van der Waals surface area (Å²) in [4.78, 5) is 2.63. The molecule has 4 nitrogen and oxygen atoms in total. The molecule has 140 valence electrons. The van der Waals surface area contributed by atoms with E-state index in [1.54, 1.807) is 0 Å².